The van der Waals surface area contributed by atoms with Crippen molar-refractivity contribution in [1.29, 1.82) is 0 Å². The van der Waals surface area contributed by atoms with Gasteiger partial charge in [0, 0.05) is 29.4 Å². The summed E-state index contributed by atoms with van der Waals surface area (Å²) in [6.45, 7) is 1.65. The molecule has 0 saturated heterocycles. The molecular formula is C21H19N3O5S. The number of rotatable bonds is 7. The first-order chi connectivity index (χ1) is 14.3. The smallest absolute Gasteiger partial charge is 0.270 e. The molecule has 0 spiro atoms. The average Bonchev–Trinajstić information content (AvgIpc) is 2.74. The summed E-state index contributed by atoms with van der Waals surface area (Å²) in [5.74, 6) is -0.280. The zero-order chi connectivity index (χ0) is 21.7. The fourth-order valence-electron chi connectivity index (χ4n) is 2.81. The summed E-state index contributed by atoms with van der Waals surface area (Å²) in [7, 11) is -3.98. The summed E-state index contributed by atoms with van der Waals surface area (Å²) in [6.07, 6.45) is 0. The van der Waals surface area contributed by atoms with Crippen LogP contribution in [0.1, 0.15) is 28.9 Å². The summed E-state index contributed by atoms with van der Waals surface area (Å²) >= 11 is 0. The molecule has 154 valence electrons. The summed E-state index contributed by atoms with van der Waals surface area (Å²) in [4.78, 5) is 22.4. The fraction of sp³-hybridized carbons (Fsp3) is 0.0952. The number of sulfonamides is 1. The van der Waals surface area contributed by atoms with E-state index in [1.165, 1.54) is 18.2 Å². The maximum atomic E-state index is 12.6. The molecule has 0 aliphatic carbocycles. The maximum Gasteiger partial charge on any atom is 0.270 e. The first-order valence-electron chi connectivity index (χ1n) is 8.99. The van der Waals surface area contributed by atoms with Gasteiger partial charge in [-0.15, -0.1) is 0 Å². The highest BCUT2D eigenvalue weighted by Gasteiger charge is 2.21. The van der Waals surface area contributed by atoms with Crippen molar-refractivity contribution in [2.75, 3.05) is 5.32 Å². The molecule has 0 bridgehead atoms. The summed E-state index contributed by atoms with van der Waals surface area (Å²) in [5.41, 5.74) is 1.33. The molecule has 8 nitrogen and oxygen atoms in total. The van der Waals surface area contributed by atoms with Crippen molar-refractivity contribution >= 4 is 27.3 Å². The molecule has 0 aliphatic heterocycles. The van der Waals surface area contributed by atoms with Gasteiger partial charge < -0.3 is 5.32 Å². The lowest BCUT2D eigenvalue weighted by atomic mass is 10.1. The Kier molecular flexibility index (Phi) is 6.24. The van der Waals surface area contributed by atoms with E-state index in [2.05, 4.69) is 10.0 Å². The van der Waals surface area contributed by atoms with Crippen LogP contribution in [0.3, 0.4) is 0 Å². The van der Waals surface area contributed by atoms with Crippen LogP contribution in [0.5, 0.6) is 0 Å². The lowest BCUT2D eigenvalue weighted by Crippen LogP contribution is -2.27. The van der Waals surface area contributed by atoms with Crippen molar-refractivity contribution in [3.63, 3.8) is 0 Å². The molecular weight excluding hydrogens is 406 g/mol. The van der Waals surface area contributed by atoms with Gasteiger partial charge in [0.2, 0.25) is 10.0 Å². The molecule has 30 heavy (non-hydrogen) atoms. The Labute approximate surface area is 173 Å². The van der Waals surface area contributed by atoms with E-state index >= 15 is 0 Å². The molecule has 1 atom stereocenters. The van der Waals surface area contributed by atoms with Crippen molar-refractivity contribution < 1.29 is 18.1 Å². The summed E-state index contributed by atoms with van der Waals surface area (Å²) < 4.78 is 27.8. The number of hydrogen-bond donors (Lipinski definition) is 2. The van der Waals surface area contributed by atoms with E-state index in [0.717, 1.165) is 6.07 Å². The van der Waals surface area contributed by atoms with Crippen molar-refractivity contribution in [3.8, 4) is 0 Å². The number of nitro benzene ring substituents is 1. The fourth-order valence-corrected chi connectivity index (χ4v) is 4.08. The Morgan fingerprint density at radius 1 is 0.967 bits per heavy atom. The van der Waals surface area contributed by atoms with Crippen LogP contribution in [0.2, 0.25) is 0 Å². The van der Waals surface area contributed by atoms with Crippen molar-refractivity contribution in [2.45, 2.75) is 17.9 Å². The van der Waals surface area contributed by atoms with Crippen LogP contribution >= 0.6 is 0 Å². The van der Waals surface area contributed by atoms with Gasteiger partial charge in [-0.1, -0.05) is 36.4 Å². The van der Waals surface area contributed by atoms with Crippen LogP contribution in [-0.4, -0.2) is 19.2 Å². The molecule has 0 fully saturated rings. The SMILES string of the molecule is CC(NS(=O)(=O)c1cccc([N+](=O)[O-])c1)c1cccc(NC(=O)c2ccccc2)c1. The first-order valence-corrected chi connectivity index (χ1v) is 10.5. The predicted octanol–water partition coefficient (Wildman–Crippen LogP) is 3.89. The Hall–Kier alpha value is -3.56. The third kappa shape index (κ3) is 5.07. The van der Waals surface area contributed by atoms with E-state index in [0.29, 0.717) is 16.8 Å². The zero-order valence-corrected chi connectivity index (χ0v) is 16.8. The summed E-state index contributed by atoms with van der Waals surface area (Å²) in [6, 6.07) is 19.7. The maximum absolute atomic E-state index is 12.6. The minimum absolute atomic E-state index is 0.197. The highest BCUT2D eigenvalue weighted by atomic mass is 32.2. The molecule has 3 rings (SSSR count). The lowest BCUT2D eigenvalue weighted by molar-refractivity contribution is -0.385. The van der Waals surface area contributed by atoms with Crippen LogP contribution < -0.4 is 10.0 Å². The van der Waals surface area contributed by atoms with E-state index in [4.69, 9.17) is 0 Å². The van der Waals surface area contributed by atoms with E-state index in [1.807, 2.05) is 6.07 Å². The number of anilines is 1. The first kappa shape index (κ1) is 21.2. The second-order valence-electron chi connectivity index (χ2n) is 6.54. The Morgan fingerprint density at radius 3 is 2.37 bits per heavy atom. The Balaban J connectivity index is 1.76. The van der Waals surface area contributed by atoms with Crippen LogP contribution in [0.25, 0.3) is 0 Å². The number of carbonyl (C=O) groups excluding carboxylic acids is 1. The van der Waals surface area contributed by atoms with Gasteiger partial charge in [-0.2, -0.15) is 0 Å². The second kappa shape index (κ2) is 8.85. The Bertz CT molecular complexity index is 1180. The molecule has 0 radical (unpaired) electrons. The van der Waals surface area contributed by atoms with Gasteiger partial charge in [0.1, 0.15) is 0 Å². The number of hydrogen-bond acceptors (Lipinski definition) is 5. The number of nitrogens with one attached hydrogen (secondary N) is 2. The van der Waals surface area contributed by atoms with Crippen molar-refractivity contribution in [3.05, 3.63) is 100 Å². The van der Waals surface area contributed by atoms with E-state index < -0.39 is 21.0 Å². The van der Waals surface area contributed by atoms with Gasteiger partial charge in [-0.05, 0) is 42.8 Å². The van der Waals surface area contributed by atoms with Gasteiger partial charge in [0.15, 0.2) is 0 Å². The number of carbonyl (C=O) groups is 1. The largest absolute Gasteiger partial charge is 0.322 e. The quantitative estimate of drug-likeness (QED) is 0.440. The van der Waals surface area contributed by atoms with Crippen LogP contribution in [0.15, 0.2) is 83.8 Å². The van der Waals surface area contributed by atoms with Gasteiger partial charge >= 0.3 is 0 Å². The number of amides is 1. The topological polar surface area (TPSA) is 118 Å². The minimum Gasteiger partial charge on any atom is -0.322 e. The predicted molar refractivity (Wildman–Crippen MR) is 113 cm³/mol. The molecule has 9 heteroatoms. The van der Waals surface area contributed by atoms with Gasteiger partial charge in [-0.3, -0.25) is 14.9 Å². The molecule has 0 saturated carbocycles. The van der Waals surface area contributed by atoms with Crippen LogP contribution in [0.4, 0.5) is 11.4 Å². The highest BCUT2D eigenvalue weighted by Crippen LogP contribution is 2.22. The second-order valence-corrected chi connectivity index (χ2v) is 8.26. The van der Waals surface area contributed by atoms with Crippen LogP contribution in [-0.2, 0) is 10.0 Å². The highest BCUT2D eigenvalue weighted by molar-refractivity contribution is 7.89. The molecule has 3 aromatic rings. The third-order valence-electron chi connectivity index (χ3n) is 4.35. The van der Waals surface area contributed by atoms with E-state index in [9.17, 15) is 23.3 Å². The number of non-ortho nitro benzene ring substituents is 1. The van der Waals surface area contributed by atoms with E-state index in [1.54, 1.807) is 55.5 Å². The Morgan fingerprint density at radius 2 is 1.67 bits per heavy atom. The minimum atomic E-state index is -3.98. The van der Waals surface area contributed by atoms with Gasteiger partial charge in [-0.25, -0.2) is 13.1 Å². The monoisotopic (exact) mass is 425 g/mol. The molecule has 1 amide bonds. The molecule has 2 N–H and O–H groups in total. The molecule has 3 aromatic carbocycles. The number of nitro groups is 1. The zero-order valence-electron chi connectivity index (χ0n) is 16.0. The summed E-state index contributed by atoms with van der Waals surface area (Å²) in [5, 5.41) is 13.7. The van der Waals surface area contributed by atoms with Crippen molar-refractivity contribution in [2.24, 2.45) is 0 Å². The third-order valence-corrected chi connectivity index (χ3v) is 5.89. The molecule has 0 aromatic heterocycles. The number of nitrogens with zero attached hydrogens (tertiary/aromatic N) is 1. The van der Waals surface area contributed by atoms with Gasteiger partial charge in [0.05, 0.1) is 9.82 Å². The van der Waals surface area contributed by atoms with Crippen LogP contribution in [0, 0.1) is 10.1 Å². The molecule has 1 unspecified atom stereocenters. The lowest BCUT2D eigenvalue weighted by Gasteiger charge is -2.16. The molecule has 0 aliphatic rings. The van der Waals surface area contributed by atoms with Crippen molar-refractivity contribution in [1.82, 2.24) is 4.72 Å². The number of benzene rings is 3. The van der Waals surface area contributed by atoms with E-state index in [-0.39, 0.29) is 16.5 Å². The standard InChI is InChI=1S/C21H19N3O5S/c1-15(23-30(28,29)20-12-6-11-19(14-20)24(26)27)17-9-5-10-18(13-17)22-21(25)16-7-3-2-4-8-16/h2-15,23H,1H3,(H,22,25). The normalized spacial score (nSPS) is 12.2. The average molecular weight is 425 g/mol. The molecule has 0 heterocycles. The van der Waals surface area contributed by atoms with Gasteiger partial charge in [0.25, 0.3) is 11.6 Å².